The van der Waals surface area contributed by atoms with Crippen molar-refractivity contribution in [2.24, 2.45) is 0 Å². The Balaban J connectivity index is 2.14. The zero-order chi connectivity index (χ0) is 24.3. The maximum Gasteiger partial charge on any atom is 0.261 e. The lowest BCUT2D eigenvalue weighted by Gasteiger charge is -2.45. The predicted octanol–water partition coefficient (Wildman–Crippen LogP) is 3.85. The molecule has 0 bridgehead atoms. The van der Waals surface area contributed by atoms with Crippen LogP contribution < -0.4 is 10.4 Å². The average molecular weight is 469 g/mol. The summed E-state index contributed by atoms with van der Waals surface area (Å²) in [5.41, 5.74) is -1.06. The average Bonchev–Trinajstić information content (AvgIpc) is 3.06. The molecule has 33 heavy (non-hydrogen) atoms. The van der Waals surface area contributed by atoms with Crippen LogP contribution in [0.4, 0.5) is 0 Å². The molecular weight excluding hydrogens is 432 g/mol. The first-order chi connectivity index (χ1) is 15.5. The Morgan fingerprint density at radius 3 is 1.97 bits per heavy atom. The fourth-order valence-corrected chi connectivity index (χ4v) is 9.45. The highest BCUT2D eigenvalue weighted by molar-refractivity contribution is 6.99. The van der Waals surface area contributed by atoms with E-state index in [1.165, 1.54) is 7.11 Å². The van der Waals surface area contributed by atoms with E-state index in [0.29, 0.717) is 0 Å². The highest BCUT2D eigenvalue weighted by Crippen LogP contribution is 2.42. The van der Waals surface area contributed by atoms with Crippen molar-refractivity contribution in [1.29, 1.82) is 0 Å². The minimum Gasteiger partial charge on any atom is -0.404 e. The molecule has 0 radical (unpaired) electrons. The van der Waals surface area contributed by atoms with Gasteiger partial charge in [0.1, 0.15) is 17.8 Å². The summed E-state index contributed by atoms with van der Waals surface area (Å²) in [7, 11) is -1.33. The quantitative estimate of drug-likeness (QED) is 0.318. The Bertz CT molecular complexity index is 898. The second kappa shape index (κ2) is 9.64. The Labute approximate surface area is 198 Å². The zero-order valence-corrected chi connectivity index (χ0v) is 21.5. The maximum absolute atomic E-state index is 11.8. The standard InChI is InChI=1S/C27H36O5Si/c1-8-27(24(23(19-28)29-7)31-26(5,6)32-27)20-30-33(25(2,3)4,21-15-11-9-12-16-21)22-17-13-10-14-18-22/h8-19,23-24H,1,20H2,2-7H3/t23-,24+,27+/m1/s1. The van der Waals surface area contributed by atoms with Crippen molar-refractivity contribution in [2.45, 2.75) is 63.3 Å². The van der Waals surface area contributed by atoms with E-state index >= 15 is 0 Å². The normalized spacial score (nSPS) is 23.8. The summed E-state index contributed by atoms with van der Waals surface area (Å²) in [5, 5.41) is 2.13. The third kappa shape index (κ3) is 4.77. The third-order valence-electron chi connectivity index (χ3n) is 6.31. The number of methoxy groups -OCH3 is 1. The Kier molecular flexibility index (Phi) is 7.46. The minimum atomic E-state index is -2.82. The van der Waals surface area contributed by atoms with Gasteiger partial charge in [-0.1, -0.05) is 87.5 Å². The van der Waals surface area contributed by atoms with Crippen LogP contribution in [0.25, 0.3) is 0 Å². The van der Waals surface area contributed by atoms with Crippen molar-refractivity contribution in [3.63, 3.8) is 0 Å². The van der Waals surface area contributed by atoms with Gasteiger partial charge in [-0.05, 0) is 29.3 Å². The van der Waals surface area contributed by atoms with Crippen LogP contribution in [0, 0.1) is 0 Å². The highest BCUT2D eigenvalue weighted by Gasteiger charge is 2.58. The molecule has 1 fully saturated rings. The van der Waals surface area contributed by atoms with Crippen LogP contribution in [-0.2, 0) is 23.4 Å². The summed E-state index contributed by atoms with van der Waals surface area (Å²) in [6.45, 7) is 14.5. The molecule has 1 aliphatic heterocycles. The van der Waals surface area contributed by atoms with Crippen molar-refractivity contribution < 1.29 is 23.4 Å². The van der Waals surface area contributed by atoms with Gasteiger partial charge in [0.2, 0.25) is 0 Å². The van der Waals surface area contributed by atoms with Gasteiger partial charge in [-0.25, -0.2) is 0 Å². The van der Waals surface area contributed by atoms with Crippen molar-refractivity contribution >= 4 is 25.0 Å². The molecule has 0 aromatic heterocycles. The molecule has 0 saturated carbocycles. The molecule has 1 aliphatic rings. The van der Waals surface area contributed by atoms with Gasteiger partial charge in [0.05, 0.1) is 6.61 Å². The van der Waals surface area contributed by atoms with Gasteiger partial charge < -0.3 is 23.4 Å². The smallest absolute Gasteiger partial charge is 0.261 e. The van der Waals surface area contributed by atoms with E-state index in [2.05, 4.69) is 51.6 Å². The topological polar surface area (TPSA) is 54.0 Å². The van der Waals surface area contributed by atoms with Crippen molar-refractivity contribution in [1.82, 2.24) is 0 Å². The van der Waals surface area contributed by atoms with Gasteiger partial charge >= 0.3 is 0 Å². The summed E-state index contributed by atoms with van der Waals surface area (Å²) >= 11 is 0. The van der Waals surface area contributed by atoms with Gasteiger partial charge in [-0.15, -0.1) is 6.58 Å². The number of rotatable bonds is 9. The van der Waals surface area contributed by atoms with Crippen LogP contribution in [0.3, 0.4) is 0 Å². The lowest BCUT2D eigenvalue weighted by Crippen LogP contribution is -2.68. The molecule has 2 aromatic rings. The molecule has 0 N–H and O–H groups in total. The predicted molar refractivity (Wildman–Crippen MR) is 133 cm³/mol. The van der Waals surface area contributed by atoms with E-state index in [-0.39, 0.29) is 11.6 Å². The van der Waals surface area contributed by atoms with Crippen molar-refractivity contribution in [2.75, 3.05) is 13.7 Å². The van der Waals surface area contributed by atoms with E-state index < -0.39 is 31.9 Å². The number of carbonyl (C=O) groups is 1. The fraction of sp³-hybridized carbons (Fsp3) is 0.444. The van der Waals surface area contributed by atoms with Crippen molar-refractivity contribution in [3.05, 3.63) is 73.3 Å². The van der Waals surface area contributed by atoms with E-state index in [1.54, 1.807) is 6.08 Å². The van der Waals surface area contributed by atoms with E-state index in [9.17, 15) is 4.79 Å². The number of benzene rings is 2. The van der Waals surface area contributed by atoms with Crippen LogP contribution in [0.1, 0.15) is 34.6 Å². The SMILES string of the molecule is C=C[C@@]1(CO[Si](c2ccccc2)(c2ccccc2)C(C)(C)C)OC(C)(C)O[C@H]1[C@@H](C=O)OC. The molecule has 6 heteroatoms. The molecule has 0 amide bonds. The van der Waals surface area contributed by atoms with Crippen LogP contribution in [0.5, 0.6) is 0 Å². The summed E-state index contributed by atoms with van der Waals surface area (Å²) in [4.78, 5) is 11.8. The van der Waals surface area contributed by atoms with Crippen LogP contribution in [0.15, 0.2) is 73.3 Å². The Hall–Kier alpha value is -2.09. The minimum absolute atomic E-state index is 0.172. The van der Waals surface area contributed by atoms with Gasteiger partial charge in [-0.3, -0.25) is 0 Å². The summed E-state index contributed by atoms with van der Waals surface area (Å²) in [5.74, 6) is -0.923. The maximum atomic E-state index is 11.8. The molecule has 1 heterocycles. The molecule has 2 aromatic carbocycles. The molecule has 3 rings (SSSR count). The second-order valence-corrected chi connectivity index (χ2v) is 14.3. The lowest BCUT2D eigenvalue weighted by atomic mass is 9.94. The van der Waals surface area contributed by atoms with Crippen LogP contribution in [-0.4, -0.2) is 51.9 Å². The first kappa shape index (κ1) is 25.5. The zero-order valence-electron chi connectivity index (χ0n) is 20.5. The summed E-state index contributed by atoms with van der Waals surface area (Å²) in [6, 6.07) is 20.8. The molecule has 1 saturated heterocycles. The Morgan fingerprint density at radius 2 is 1.58 bits per heavy atom. The number of carbonyl (C=O) groups excluding carboxylic acids is 1. The van der Waals surface area contributed by atoms with Gasteiger partial charge in [-0.2, -0.15) is 0 Å². The molecule has 0 unspecified atom stereocenters. The molecular formula is C27H36O5Si. The Morgan fingerprint density at radius 1 is 1.06 bits per heavy atom. The van der Waals surface area contributed by atoms with E-state index in [4.69, 9.17) is 18.6 Å². The van der Waals surface area contributed by atoms with E-state index in [1.807, 2.05) is 50.2 Å². The van der Waals surface area contributed by atoms with Crippen molar-refractivity contribution in [3.8, 4) is 0 Å². The van der Waals surface area contributed by atoms with Crippen LogP contribution in [0.2, 0.25) is 5.04 Å². The monoisotopic (exact) mass is 468 g/mol. The molecule has 178 valence electrons. The number of hydrogen-bond acceptors (Lipinski definition) is 5. The molecule has 5 nitrogen and oxygen atoms in total. The first-order valence-electron chi connectivity index (χ1n) is 11.3. The summed E-state index contributed by atoms with van der Waals surface area (Å²) < 4.78 is 25.1. The van der Waals surface area contributed by atoms with Gasteiger partial charge in [0.15, 0.2) is 12.1 Å². The molecule has 3 atom stereocenters. The fourth-order valence-electron chi connectivity index (χ4n) is 4.85. The molecule has 0 spiro atoms. The number of ether oxygens (including phenoxy) is 3. The molecule has 0 aliphatic carbocycles. The second-order valence-electron chi connectivity index (χ2n) is 9.99. The highest BCUT2D eigenvalue weighted by atomic mass is 28.4. The number of aldehydes is 1. The van der Waals surface area contributed by atoms with Crippen LogP contribution >= 0.6 is 0 Å². The third-order valence-corrected chi connectivity index (χ3v) is 11.3. The number of hydrogen-bond donors (Lipinski definition) is 0. The van der Waals surface area contributed by atoms with E-state index in [0.717, 1.165) is 16.7 Å². The first-order valence-corrected chi connectivity index (χ1v) is 13.2. The largest absolute Gasteiger partial charge is 0.404 e. The van der Waals surface area contributed by atoms with Gasteiger partial charge in [0, 0.05) is 7.11 Å². The van der Waals surface area contributed by atoms with Gasteiger partial charge in [0.25, 0.3) is 8.32 Å². The lowest BCUT2D eigenvalue weighted by molar-refractivity contribution is -0.165. The summed E-state index contributed by atoms with van der Waals surface area (Å²) in [6.07, 6.45) is 0.939.